The van der Waals surface area contributed by atoms with Crippen molar-refractivity contribution in [2.24, 2.45) is 0 Å². The Kier molecular flexibility index (Phi) is 3.74. The molecule has 2 rings (SSSR count). The van der Waals surface area contributed by atoms with Gasteiger partial charge in [0.15, 0.2) is 5.03 Å². The second kappa shape index (κ2) is 5.16. The number of aryl methyl sites for hydroxylation is 1. The summed E-state index contributed by atoms with van der Waals surface area (Å²) in [6.07, 6.45) is 1.47. The topological polar surface area (TPSA) is 108 Å². The molecule has 0 fully saturated rings. The lowest BCUT2D eigenvalue weighted by atomic mass is 10.3. The standard InChI is InChI=1S/C11H15N3O4S/c1-7-9(6-15)11(13-12-7)19(16,17)14-8(2)10-4-3-5-18-10/h3-5,8,14-15H,6H2,1-2H3,(H,12,13). The molecule has 0 bridgehead atoms. The van der Waals surface area contributed by atoms with Crippen LogP contribution in [0, 0.1) is 6.92 Å². The SMILES string of the molecule is Cc1[nH]nc(S(=O)(=O)NC(C)c2ccco2)c1CO. The molecule has 2 aromatic rings. The number of nitrogens with one attached hydrogen (secondary N) is 2. The van der Waals surface area contributed by atoms with Gasteiger partial charge in [0.2, 0.25) is 0 Å². The number of rotatable bonds is 5. The van der Waals surface area contributed by atoms with E-state index in [1.54, 1.807) is 26.0 Å². The highest BCUT2D eigenvalue weighted by atomic mass is 32.2. The normalized spacial score (nSPS) is 13.6. The van der Waals surface area contributed by atoms with E-state index >= 15 is 0 Å². The van der Waals surface area contributed by atoms with Gasteiger partial charge < -0.3 is 9.52 Å². The molecule has 0 spiro atoms. The highest BCUT2D eigenvalue weighted by Crippen LogP contribution is 2.20. The van der Waals surface area contributed by atoms with E-state index in [4.69, 9.17) is 4.42 Å². The summed E-state index contributed by atoms with van der Waals surface area (Å²) < 4.78 is 32.0. The largest absolute Gasteiger partial charge is 0.468 e. The van der Waals surface area contributed by atoms with E-state index < -0.39 is 22.7 Å². The predicted octanol–water partition coefficient (Wildman–Crippen LogP) is 0.843. The molecule has 0 aromatic carbocycles. The molecule has 7 nitrogen and oxygen atoms in total. The summed E-state index contributed by atoms with van der Waals surface area (Å²) in [5.41, 5.74) is 0.785. The Morgan fingerprint density at radius 2 is 2.32 bits per heavy atom. The molecule has 2 aromatic heterocycles. The lowest BCUT2D eigenvalue weighted by Crippen LogP contribution is -2.27. The van der Waals surface area contributed by atoms with Gasteiger partial charge in [0.05, 0.1) is 18.9 Å². The van der Waals surface area contributed by atoms with Crippen LogP contribution in [0.3, 0.4) is 0 Å². The molecule has 0 radical (unpaired) electrons. The van der Waals surface area contributed by atoms with Crippen LogP contribution < -0.4 is 4.72 Å². The van der Waals surface area contributed by atoms with Crippen LogP contribution in [-0.4, -0.2) is 23.7 Å². The average molecular weight is 285 g/mol. The summed E-state index contributed by atoms with van der Waals surface area (Å²) in [6, 6.07) is 2.83. The first-order valence-electron chi connectivity index (χ1n) is 5.66. The van der Waals surface area contributed by atoms with Crippen LogP contribution in [0.1, 0.15) is 30.0 Å². The molecular weight excluding hydrogens is 270 g/mol. The maximum Gasteiger partial charge on any atom is 0.260 e. The second-order valence-electron chi connectivity index (χ2n) is 4.15. The first kappa shape index (κ1) is 13.8. The van der Waals surface area contributed by atoms with Crippen molar-refractivity contribution in [3.8, 4) is 0 Å². The summed E-state index contributed by atoms with van der Waals surface area (Å²) in [5.74, 6) is 0.501. The van der Waals surface area contributed by atoms with E-state index in [1.165, 1.54) is 6.26 Å². The number of aliphatic hydroxyl groups is 1. The van der Waals surface area contributed by atoms with Gasteiger partial charge in [-0.1, -0.05) is 0 Å². The zero-order chi connectivity index (χ0) is 14.0. The van der Waals surface area contributed by atoms with E-state index in [0.29, 0.717) is 11.5 Å². The molecule has 1 unspecified atom stereocenters. The van der Waals surface area contributed by atoms with Gasteiger partial charge in [-0.2, -0.15) is 9.82 Å². The Morgan fingerprint density at radius 1 is 1.58 bits per heavy atom. The molecule has 0 aliphatic rings. The average Bonchev–Trinajstić information content (AvgIpc) is 2.96. The van der Waals surface area contributed by atoms with Gasteiger partial charge in [0, 0.05) is 11.3 Å². The monoisotopic (exact) mass is 285 g/mol. The molecule has 0 aliphatic heterocycles. The lowest BCUT2D eigenvalue weighted by Gasteiger charge is -2.11. The Hall–Kier alpha value is -1.64. The van der Waals surface area contributed by atoms with Gasteiger partial charge in [-0.3, -0.25) is 5.10 Å². The molecule has 0 aliphatic carbocycles. The van der Waals surface area contributed by atoms with Crippen molar-refractivity contribution < 1.29 is 17.9 Å². The highest BCUT2D eigenvalue weighted by Gasteiger charge is 2.26. The summed E-state index contributed by atoms with van der Waals surface area (Å²) >= 11 is 0. The van der Waals surface area contributed by atoms with Crippen LogP contribution in [0.5, 0.6) is 0 Å². The number of hydrogen-bond acceptors (Lipinski definition) is 5. The Bertz CT molecular complexity index is 646. The van der Waals surface area contributed by atoms with E-state index in [1.807, 2.05) is 0 Å². The Balaban J connectivity index is 2.28. The van der Waals surface area contributed by atoms with Crippen LogP contribution in [0.2, 0.25) is 0 Å². The van der Waals surface area contributed by atoms with Gasteiger partial charge in [0.25, 0.3) is 10.0 Å². The van der Waals surface area contributed by atoms with Gasteiger partial charge in [-0.05, 0) is 26.0 Å². The van der Waals surface area contributed by atoms with Crippen molar-refractivity contribution in [1.82, 2.24) is 14.9 Å². The van der Waals surface area contributed by atoms with Crippen molar-refractivity contribution in [3.63, 3.8) is 0 Å². The summed E-state index contributed by atoms with van der Waals surface area (Å²) in [6.45, 7) is 2.91. The number of aromatic amines is 1. The lowest BCUT2D eigenvalue weighted by molar-refractivity contribution is 0.277. The minimum atomic E-state index is -3.82. The molecule has 19 heavy (non-hydrogen) atoms. The number of H-pyrrole nitrogens is 1. The summed E-state index contributed by atoms with van der Waals surface area (Å²) in [7, 11) is -3.82. The van der Waals surface area contributed by atoms with Crippen molar-refractivity contribution in [3.05, 3.63) is 35.4 Å². The minimum Gasteiger partial charge on any atom is -0.468 e. The molecular formula is C11H15N3O4S. The van der Waals surface area contributed by atoms with Gasteiger partial charge >= 0.3 is 0 Å². The fraction of sp³-hybridized carbons (Fsp3) is 0.364. The van der Waals surface area contributed by atoms with Crippen molar-refractivity contribution >= 4 is 10.0 Å². The van der Waals surface area contributed by atoms with Crippen LogP contribution >= 0.6 is 0 Å². The smallest absolute Gasteiger partial charge is 0.260 e. The molecule has 0 saturated heterocycles. The Labute approximate surface area is 110 Å². The first-order chi connectivity index (χ1) is 8.95. The molecule has 1 atom stereocenters. The van der Waals surface area contributed by atoms with E-state index in [0.717, 1.165) is 0 Å². The molecule has 0 saturated carbocycles. The quantitative estimate of drug-likeness (QED) is 0.754. The molecule has 0 amide bonds. The van der Waals surface area contributed by atoms with Crippen molar-refractivity contribution in [1.29, 1.82) is 0 Å². The minimum absolute atomic E-state index is 0.189. The maximum atomic E-state index is 12.2. The van der Waals surface area contributed by atoms with Gasteiger partial charge in [-0.15, -0.1) is 0 Å². The Morgan fingerprint density at radius 3 is 2.89 bits per heavy atom. The number of aromatic nitrogens is 2. The number of nitrogens with zero attached hydrogens (tertiary/aromatic N) is 1. The number of aliphatic hydroxyl groups excluding tert-OH is 1. The molecule has 2 heterocycles. The maximum absolute atomic E-state index is 12.2. The van der Waals surface area contributed by atoms with Crippen LogP contribution in [-0.2, 0) is 16.6 Å². The van der Waals surface area contributed by atoms with Gasteiger partial charge in [0.1, 0.15) is 5.76 Å². The zero-order valence-corrected chi connectivity index (χ0v) is 11.4. The number of hydrogen-bond donors (Lipinski definition) is 3. The van der Waals surface area contributed by atoms with Gasteiger partial charge in [-0.25, -0.2) is 8.42 Å². The molecule has 3 N–H and O–H groups in total. The molecule has 104 valence electrons. The van der Waals surface area contributed by atoms with Crippen molar-refractivity contribution in [2.45, 2.75) is 31.5 Å². The second-order valence-corrected chi connectivity index (χ2v) is 5.78. The third-order valence-electron chi connectivity index (χ3n) is 2.75. The number of furan rings is 1. The highest BCUT2D eigenvalue weighted by molar-refractivity contribution is 7.89. The third kappa shape index (κ3) is 2.70. The fourth-order valence-electron chi connectivity index (χ4n) is 1.72. The molecule has 8 heteroatoms. The summed E-state index contributed by atoms with van der Waals surface area (Å²) in [5, 5.41) is 15.3. The zero-order valence-electron chi connectivity index (χ0n) is 10.5. The van der Waals surface area contributed by atoms with Crippen LogP contribution in [0.25, 0.3) is 0 Å². The van der Waals surface area contributed by atoms with Crippen molar-refractivity contribution in [2.75, 3.05) is 0 Å². The van der Waals surface area contributed by atoms with E-state index in [9.17, 15) is 13.5 Å². The van der Waals surface area contributed by atoms with E-state index in [2.05, 4.69) is 14.9 Å². The first-order valence-corrected chi connectivity index (χ1v) is 7.14. The third-order valence-corrected chi connectivity index (χ3v) is 4.26. The predicted molar refractivity (Wildman–Crippen MR) is 66.7 cm³/mol. The van der Waals surface area contributed by atoms with Crippen LogP contribution in [0.15, 0.2) is 27.8 Å². The number of sulfonamides is 1. The van der Waals surface area contributed by atoms with Crippen LogP contribution in [0.4, 0.5) is 0 Å². The van der Waals surface area contributed by atoms with E-state index in [-0.39, 0.29) is 10.6 Å². The summed E-state index contributed by atoms with van der Waals surface area (Å²) in [4.78, 5) is 0. The fourth-order valence-corrected chi connectivity index (χ4v) is 3.12.